The molecule has 102 valence electrons. The van der Waals surface area contributed by atoms with Gasteiger partial charge in [0.25, 0.3) is 5.56 Å². The molecule has 0 saturated heterocycles. The fourth-order valence-corrected chi connectivity index (χ4v) is 1.92. The predicted octanol–water partition coefficient (Wildman–Crippen LogP) is 1.78. The van der Waals surface area contributed by atoms with Crippen molar-refractivity contribution < 1.29 is 0 Å². The fourth-order valence-electron chi connectivity index (χ4n) is 1.47. The second-order valence-corrected chi connectivity index (χ2v) is 5.28. The molecule has 0 amide bonds. The minimum absolute atomic E-state index is 0.0710. The van der Waals surface area contributed by atoms with Gasteiger partial charge < -0.3 is 10.2 Å². The number of aromatic nitrogens is 2. The standard InChI is InChI=1S/C12H21BrN4O/c1-4-5-7-17-12(18)11(13)10(9-15-17)14-6-8-16(2)3/h9,14H,4-8H2,1-3H3. The van der Waals surface area contributed by atoms with Crippen LogP contribution in [0.1, 0.15) is 19.8 Å². The maximum atomic E-state index is 12.0. The van der Waals surface area contributed by atoms with Gasteiger partial charge >= 0.3 is 0 Å². The molecule has 1 N–H and O–H groups in total. The second kappa shape index (κ2) is 7.53. The van der Waals surface area contributed by atoms with E-state index < -0.39 is 0 Å². The maximum Gasteiger partial charge on any atom is 0.283 e. The summed E-state index contributed by atoms with van der Waals surface area (Å²) in [6.07, 6.45) is 3.72. The van der Waals surface area contributed by atoms with Gasteiger partial charge in [0.15, 0.2) is 0 Å². The van der Waals surface area contributed by atoms with Gasteiger partial charge in [-0.05, 0) is 36.4 Å². The Morgan fingerprint density at radius 2 is 2.22 bits per heavy atom. The van der Waals surface area contributed by atoms with Crippen LogP contribution < -0.4 is 10.9 Å². The fraction of sp³-hybridized carbons (Fsp3) is 0.667. The van der Waals surface area contributed by atoms with Crippen molar-refractivity contribution in [3.8, 4) is 0 Å². The molecule has 1 aromatic rings. The molecule has 0 atom stereocenters. The first-order chi connectivity index (χ1) is 8.56. The summed E-state index contributed by atoms with van der Waals surface area (Å²) in [6.45, 7) is 4.46. The average Bonchev–Trinajstić information content (AvgIpc) is 2.33. The Labute approximate surface area is 116 Å². The van der Waals surface area contributed by atoms with Gasteiger partial charge in [-0.1, -0.05) is 13.3 Å². The lowest BCUT2D eigenvalue weighted by Crippen LogP contribution is -2.26. The van der Waals surface area contributed by atoms with Gasteiger partial charge in [-0.15, -0.1) is 0 Å². The van der Waals surface area contributed by atoms with E-state index in [-0.39, 0.29) is 5.56 Å². The Bertz CT molecular complexity index is 431. The van der Waals surface area contributed by atoms with Crippen LogP contribution in [0, 0.1) is 0 Å². The Morgan fingerprint density at radius 3 is 2.83 bits per heavy atom. The third-order valence-electron chi connectivity index (χ3n) is 2.58. The van der Waals surface area contributed by atoms with E-state index in [0.717, 1.165) is 31.6 Å². The van der Waals surface area contributed by atoms with E-state index in [1.54, 1.807) is 6.20 Å². The average molecular weight is 317 g/mol. The summed E-state index contributed by atoms with van der Waals surface area (Å²) in [6, 6.07) is 0. The number of likely N-dealkylation sites (N-methyl/N-ethyl adjacent to an activating group) is 1. The van der Waals surface area contributed by atoms with Crippen LogP contribution in [0.25, 0.3) is 0 Å². The van der Waals surface area contributed by atoms with Crippen molar-refractivity contribution in [2.75, 3.05) is 32.5 Å². The Hall–Kier alpha value is -0.880. The van der Waals surface area contributed by atoms with Crippen LogP contribution in [0.5, 0.6) is 0 Å². The summed E-state index contributed by atoms with van der Waals surface area (Å²) in [5, 5.41) is 7.38. The zero-order valence-corrected chi connectivity index (χ0v) is 12.8. The number of rotatable bonds is 7. The lowest BCUT2D eigenvalue weighted by Gasteiger charge is -2.13. The number of nitrogens with zero attached hydrogens (tertiary/aromatic N) is 3. The highest BCUT2D eigenvalue weighted by Crippen LogP contribution is 2.15. The second-order valence-electron chi connectivity index (χ2n) is 4.48. The largest absolute Gasteiger partial charge is 0.381 e. The molecule has 0 aliphatic rings. The number of aryl methyl sites for hydroxylation is 1. The van der Waals surface area contributed by atoms with E-state index in [1.165, 1.54) is 4.68 Å². The predicted molar refractivity (Wildman–Crippen MR) is 78.1 cm³/mol. The third kappa shape index (κ3) is 4.42. The monoisotopic (exact) mass is 316 g/mol. The third-order valence-corrected chi connectivity index (χ3v) is 3.35. The van der Waals surface area contributed by atoms with Gasteiger partial charge in [-0.2, -0.15) is 5.10 Å². The van der Waals surface area contributed by atoms with Crippen LogP contribution in [0.15, 0.2) is 15.5 Å². The molecule has 0 saturated carbocycles. The molecule has 0 spiro atoms. The van der Waals surface area contributed by atoms with Gasteiger partial charge in [0.2, 0.25) is 0 Å². The van der Waals surface area contributed by atoms with E-state index >= 15 is 0 Å². The van der Waals surface area contributed by atoms with Gasteiger partial charge in [0.1, 0.15) is 4.47 Å². The molecule has 1 aromatic heterocycles. The minimum atomic E-state index is -0.0710. The van der Waals surface area contributed by atoms with Crippen LogP contribution in [0.3, 0.4) is 0 Å². The molecule has 6 heteroatoms. The number of unbranched alkanes of at least 4 members (excludes halogenated alkanes) is 1. The first-order valence-electron chi connectivity index (χ1n) is 6.20. The molecule has 0 aromatic carbocycles. The molecule has 5 nitrogen and oxygen atoms in total. The first kappa shape index (κ1) is 15.2. The normalized spacial score (nSPS) is 10.9. The van der Waals surface area contributed by atoms with Crippen molar-refractivity contribution in [2.24, 2.45) is 0 Å². The van der Waals surface area contributed by atoms with Crippen LogP contribution >= 0.6 is 15.9 Å². The highest BCUT2D eigenvalue weighted by Gasteiger charge is 2.07. The Kier molecular flexibility index (Phi) is 6.35. The molecule has 0 fully saturated rings. The van der Waals surface area contributed by atoms with Crippen LogP contribution in [-0.4, -0.2) is 41.9 Å². The molecule has 0 unspecified atom stereocenters. The summed E-state index contributed by atoms with van der Waals surface area (Å²) >= 11 is 3.34. The molecular weight excluding hydrogens is 296 g/mol. The van der Waals surface area contributed by atoms with E-state index in [1.807, 2.05) is 14.1 Å². The summed E-state index contributed by atoms with van der Waals surface area (Å²) in [5.74, 6) is 0. The van der Waals surface area contributed by atoms with Crippen LogP contribution in [-0.2, 0) is 6.54 Å². The Morgan fingerprint density at radius 1 is 1.50 bits per heavy atom. The molecule has 1 rings (SSSR count). The topological polar surface area (TPSA) is 50.2 Å². The first-order valence-corrected chi connectivity index (χ1v) is 6.99. The highest BCUT2D eigenvalue weighted by atomic mass is 79.9. The molecule has 18 heavy (non-hydrogen) atoms. The quantitative estimate of drug-likeness (QED) is 0.833. The minimum Gasteiger partial charge on any atom is -0.381 e. The van der Waals surface area contributed by atoms with E-state index in [0.29, 0.717) is 11.0 Å². The maximum absolute atomic E-state index is 12.0. The molecule has 0 aliphatic heterocycles. The van der Waals surface area contributed by atoms with Gasteiger partial charge in [0.05, 0.1) is 11.9 Å². The lowest BCUT2D eigenvalue weighted by atomic mass is 10.3. The number of halogens is 1. The summed E-state index contributed by atoms with van der Waals surface area (Å²) < 4.78 is 2.07. The number of hydrogen-bond donors (Lipinski definition) is 1. The van der Waals surface area contributed by atoms with Crippen molar-refractivity contribution >= 4 is 21.6 Å². The molecule has 0 aliphatic carbocycles. The number of hydrogen-bond acceptors (Lipinski definition) is 4. The van der Waals surface area contributed by atoms with Crippen molar-refractivity contribution in [3.05, 3.63) is 21.0 Å². The Balaban J connectivity index is 2.71. The van der Waals surface area contributed by atoms with Crippen molar-refractivity contribution in [3.63, 3.8) is 0 Å². The summed E-state index contributed by atoms with van der Waals surface area (Å²) in [7, 11) is 4.02. The molecule has 1 heterocycles. The van der Waals surface area contributed by atoms with Crippen molar-refractivity contribution in [2.45, 2.75) is 26.3 Å². The van der Waals surface area contributed by atoms with E-state index in [2.05, 4.69) is 38.2 Å². The van der Waals surface area contributed by atoms with Crippen molar-refractivity contribution in [1.29, 1.82) is 0 Å². The van der Waals surface area contributed by atoms with Crippen LogP contribution in [0.4, 0.5) is 5.69 Å². The SMILES string of the molecule is CCCCn1ncc(NCCN(C)C)c(Br)c1=O. The zero-order chi connectivity index (χ0) is 13.5. The molecule has 0 bridgehead atoms. The van der Waals surface area contributed by atoms with E-state index in [4.69, 9.17) is 0 Å². The summed E-state index contributed by atoms with van der Waals surface area (Å²) in [4.78, 5) is 14.1. The zero-order valence-electron chi connectivity index (χ0n) is 11.2. The number of anilines is 1. The van der Waals surface area contributed by atoms with Crippen LogP contribution in [0.2, 0.25) is 0 Å². The van der Waals surface area contributed by atoms with E-state index in [9.17, 15) is 4.79 Å². The summed E-state index contributed by atoms with van der Waals surface area (Å²) in [5.41, 5.74) is 0.688. The van der Waals surface area contributed by atoms with Gasteiger partial charge in [0, 0.05) is 19.6 Å². The van der Waals surface area contributed by atoms with Gasteiger partial charge in [-0.25, -0.2) is 4.68 Å². The number of nitrogens with one attached hydrogen (secondary N) is 1. The smallest absolute Gasteiger partial charge is 0.283 e. The lowest BCUT2D eigenvalue weighted by molar-refractivity contribution is 0.425. The van der Waals surface area contributed by atoms with Gasteiger partial charge in [-0.3, -0.25) is 4.79 Å². The molecule has 0 radical (unpaired) electrons. The highest BCUT2D eigenvalue weighted by molar-refractivity contribution is 9.10. The van der Waals surface area contributed by atoms with Crippen molar-refractivity contribution in [1.82, 2.24) is 14.7 Å². The molecular formula is C12H21BrN4O.